The lowest BCUT2D eigenvalue weighted by Gasteiger charge is -1.85. The second-order valence-corrected chi connectivity index (χ2v) is 1.61. The van der Waals surface area contributed by atoms with Crippen molar-refractivity contribution in [2.45, 2.75) is 0 Å². The molecular weight excluding hydrogens is 143 g/mol. The summed E-state index contributed by atoms with van der Waals surface area (Å²) in [4.78, 5) is 0. The number of benzene rings is 1. The van der Waals surface area contributed by atoms with Gasteiger partial charge in [-0.05, 0) is 5.56 Å². The SMILES string of the molecule is C=Cc1ccccc1.O=P. The summed E-state index contributed by atoms with van der Waals surface area (Å²) in [7, 11) is 1.72. The Hall–Kier alpha value is -0.940. The molecule has 0 aliphatic rings. The Morgan fingerprint density at radius 1 is 1.20 bits per heavy atom. The van der Waals surface area contributed by atoms with Crippen LogP contribution in [0.4, 0.5) is 0 Å². The molecule has 0 radical (unpaired) electrons. The molecule has 0 bridgehead atoms. The van der Waals surface area contributed by atoms with Crippen LogP contribution >= 0.6 is 9.12 Å². The molecule has 0 aliphatic heterocycles. The summed E-state index contributed by atoms with van der Waals surface area (Å²) >= 11 is 0. The van der Waals surface area contributed by atoms with Crippen molar-refractivity contribution in [1.29, 1.82) is 0 Å². The van der Waals surface area contributed by atoms with E-state index < -0.39 is 0 Å². The molecule has 0 saturated heterocycles. The molecule has 0 unspecified atom stereocenters. The van der Waals surface area contributed by atoms with Crippen LogP contribution in [0.25, 0.3) is 6.08 Å². The van der Waals surface area contributed by atoms with Crippen molar-refractivity contribution >= 4 is 15.2 Å². The van der Waals surface area contributed by atoms with Gasteiger partial charge in [0, 0.05) is 0 Å². The van der Waals surface area contributed by atoms with Crippen molar-refractivity contribution in [1.82, 2.24) is 0 Å². The van der Waals surface area contributed by atoms with Crippen LogP contribution in [0.1, 0.15) is 5.56 Å². The number of hydrogen-bond donors (Lipinski definition) is 0. The van der Waals surface area contributed by atoms with E-state index in [1.54, 1.807) is 9.12 Å². The predicted molar refractivity (Wildman–Crippen MR) is 45.5 cm³/mol. The molecule has 2 heteroatoms. The maximum absolute atomic E-state index is 8.06. The molecule has 52 valence electrons. The first-order valence-electron chi connectivity index (χ1n) is 2.81. The molecule has 1 aromatic carbocycles. The van der Waals surface area contributed by atoms with Gasteiger partial charge in [-0.25, -0.2) is 0 Å². The average Bonchev–Trinajstić information content (AvgIpc) is 2.10. The number of hydrogen-bond acceptors (Lipinski definition) is 1. The van der Waals surface area contributed by atoms with Crippen LogP contribution in [-0.4, -0.2) is 0 Å². The lowest BCUT2D eigenvalue weighted by molar-refractivity contribution is 0.607. The molecule has 0 aliphatic carbocycles. The maximum atomic E-state index is 8.06. The largest absolute Gasteiger partial charge is 0.279 e. The molecule has 0 spiro atoms. The zero-order valence-corrected chi connectivity index (χ0v) is 6.58. The fraction of sp³-hybridized carbons (Fsp3) is 0. The van der Waals surface area contributed by atoms with E-state index in [0.717, 1.165) is 0 Å². The molecular formula is C8H9OP. The Kier molecular flexibility index (Phi) is 5.60. The van der Waals surface area contributed by atoms with E-state index in [9.17, 15) is 0 Å². The molecule has 0 N–H and O–H groups in total. The van der Waals surface area contributed by atoms with Crippen LogP contribution in [0.5, 0.6) is 0 Å². The van der Waals surface area contributed by atoms with Gasteiger partial charge in [-0.1, -0.05) is 43.0 Å². The van der Waals surface area contributed by atoms with Crippen molar-refractivity contribution in [2.24, 2.45) is 0 Å². The van der Waals surface area contributed by atoms with E-state index in [-0.39, 0.29) is 0 Å². The molecule has 0 amide bonds. The lowest BCUT2D eigenvalue weighted by Crippen LogP contribution is -1.63. The Morgan fingerprint density at radius 3 is 2.00 bits per heavy atom. The summed E-state index contributed by atoms with van der Waals surface area (Å²) in [6.07, 6.45) is 1.83. The first-order chi connectivity index (χ1) is 4.93. The predicted octanol–water partition coefficient (Wildman–Crippen LogP) is 2.80. The molecule has 0 heterocycles. The van der Waals surface area contributed by atoms with Gasteiger partial charge in [0.15, 0.2) is 0 Å². The second kappa shape index (κ2) is 6.18. The van der Waals surface area contributed by atoms with Gasteiger partial charge in [0.25, 0.3) is 0 Å². The minimum atomic E-state index is 1.17. The minimum absolute atomic E-state index is 1.17. The van der Waals surface area contributed by atoms with Gasteiger partial charge in [0.2, 0.25) is 0 Å². The summed E-state index contributed by atoms with van der Waals surface area (Å²) in [5.74, 6) is 0. The second-order valence-electron chi connectivity index (χ2n) is 1.61. The minimum Gasteiger partial charge on any atom is -0.279 e. The van der Waals surface area contributed by atoms with E-state index >= 15 is 0 Å². The van der Waals surface area contributed by atoms with Crippen LogP contribution in [-0.2, 0) is 4.57 Å². The third kappa shape index (κ3) is 3.16. The van der Waals surface area contributed by atoms with Crippen molar-refractivity contribution in [3.8, 4) is 0 Å². The Balaban J connectivity index is 0.000000371. The van der Waals surface area contributed by atoms with E-state index in [0.29, 0.717) is 0 Å². The van der Waals surface area contributed by atoms with Crippen molar-refractivity contribution in [3.05, 3.63) is 42.5 Å². The average molecular weight is 152 g/mol. The third-order valence-corrected chi connectivity index (χ3v) is 1.04. The fourth-order valence-corrected chi connectivity index (χ4v) is 0.589. The van der Waals surface area contributed by atoms with E-state index in [1.165, 1.54) is 5.56 Å². The van der Waals surface area contributed by atoms with Gasteiger partial charge in [0.05, 0.1) is 0 Å². The summed E-state index contributed by atoms with van der Waals surface area (Å²) in [5.41, 5.74) is 1.17. The maximum Gasteiger partial charge on any atom is 0.138 e. The molecule has 0 aromatic heterocycles. The summed E-state index contributed by atoms with van der Waals surface area (Å²) in [6, 6.07) is 10.0. The normalized spacial score (nSPS) is 7.20. The molecule has 10 heavy (non-hydrogen) atoms. The monoisotopic (exact) mass is 152 g/mol. The highest BCUT2D eigenvalue weighted by atomic mass is 31.0. The molecule has 0 fully saturated rings. The fourth-order valence-electron chi connectivity index (χ4n) is 0.589. The van der Waals surface area contributed by atoms with Gasteiger partial charge in [-0.15, -0.1) is 0 Å². The Bertz CT molecular complexity index is 184. The van der Waals surface area contributed by atoms with Gasteiger partial charge in [0.1, 0.15) is 9.12 Å². The van der Waals surface area contributed by atoms with E-state index in [4.69, 9.17) is 4.57 Å². The highest BCUT2D eigenvalue weighted by Crippen LogP contribution is 1.97. The quantitative estimate of drug-likeness (QED) is 0.565. The zero-order chi connectivity index (χ0) is 7.82. The summed E-state index contributed by atoms with van der Waals surface area (Å²) in [6.45, 7) is 3.63. The summed E-state index contributed by atoms with van der Waals surface area (Å²) < 4.78 is 8.06. The molecule has 0 saturated carbocycles. The van der Waals surface area contributed by atoms with E-state index in [1.807, 2.05) is 36.4 Å². The first-order valence-corrected chi connectivity index (χ1v) is 3.22. The zero-order valence-electron chi connectivity index (χ0n) is 5.58. The molecule has 1 aromatic rings. The van der Waals surface area contributed by atoms with Gasteiger partial charge >= 0.3 is 0 Å². The van der Waals surface area contributed by atoms with Crippen LogP contribution < -0.4 is 0 Å². The van der Waals surface area contributed by atoms with Gasteiger partial charge in [-0.3, -0.25) is 4.57 Å². The lowest BCUT2D eigenvalue weighted by atomic mass is 10.2. The first kappa shape index (κ1) is 9.06. The van der Waals surface area contributed by atoms with Crippen LogP contribution in [0.15, 0.2) is 36.9 Å². The standard InChI is InChI=1S/C8H8.HOP/c1-2-8-6-4-3-5-7-8;1-2/h2-7H,1H2;2H. The molecule has 0 atom stereocenters. The highest BCUT2D eigenvalue weighted by Gasteiger charge is 1.75. The van der Waals surface area contributed by atoms with Crippen LogP contribution in [0.2, 0.25) is 0 Å². The Labute approximate surface area is 63.0 Å². The smallest absolute Gasteiger partial charge is 0.138 e. The van der Waals surface area contributed by atoms with Crippen molar-refractivity contribution in [2.75, 3.05) is 0 Å². The van der Waals surface area contributed by atoms with E-state index in [2.05, 4.69) is 6.58 Å². The van der Waals surface area contributed by atoms with Gasteiger partial charge < -0.3 is 0 Å². The van der Waals surface area contributed by atoms with Gasteiger partial charge in [-0.2, -0.15) is 0 Å². The van der Waals surface area contributed by atoms with Crippen LogP contribution in [0, 0.1) is 0 Å². The molecule has 1 nitrogen and oxygen atoms in total. The van der Waals surface area contributed by atoms with Crippen LogP contribution in [0.3, 0.4) is 0 Å². The molecule has 1 rings (SSSR count). The number of rotatable bonds is 1. The van der Waals surface area contributed by atoms with Crippen molar-refractivity contribution < 1.29 is 4.57 Å². The Morgan fingerprint density at radius 2 is 1.70 bits per heavy atom. The van der Waals surface area contributed by atoms with Crippen molar-refractivity contribution in [3.63, 3.8) is 0 Å². The topological polar surface area (TPSA) is 17.1 Å². The highest BCUT2D eigenvalue weighted by molar-refractivity contribution is 7.00. The summed E-state index contributed by atoms with van der Waals surface area (Å²) in [5, 5.41) is 0. The third-order valence-electron chi connectivity index (χ3n) is 1.04.